The first kappa shape index (κ1) is 29.5. The molecule has 19 heteroatoms. The number of hydrogen-bond donors (Lipinski definition) is 8. The van der Waals surface area contributed by atoms with Crippen molar-refractivity contribution in [2.75, 3.05) is 26.2 Å². The van der Waals surface area contributed by atoms with Gasteiger partial charge in [-0.25, -0.2) is 10.6 Å². The second kappa shape index (κ2) is 12.4. The molecular weight excluding hydrogens is 558 g/mol. The Hall–Kier alpha value is -4.45. The summed E-state index contributed by atoms with van der Waals surface area (Å²) in [6.07, 6.45) is 3.32. The lowest BCUT2D eigenvalue weighted by Crippen LogP contribution is -2.64. The zero-order chi connectivity index (χ0) is 29.7. The molecule has 4 heterocycles. The quantitative estimate of drug-likeness (QED) is 0.0792. The van der Waals surface area contributed by atoms with Gasteiger partial charge in [0.15, 0.2) is 12.2 Å². The van der Waals surface area contributed by atoms with Crippen LogP contribution in [0.25, 0.3) is 0 Å². The van der Waals surface area contributed by atoms with Crippen LogP contribution in [0.2, 0.25) is 0 Å². The maximum atomic E-state index is 13.2. The number of dihydropyridines is 1. The number of carbonyl (C=O) groups excluding carboxylic acids is 3. The third-order valence-corrected chi connectivity index (χ3v) is 7.21. The summed E-state index contributed by atoms with van der Waals surface area (Å²) in [4.78, 5) is 43.9. The van der Waals surface area contributed by atoms with Crippen LogP contribution in [0, 0.1) is 0 Å². The number of nitrogens with one attached hydrogen (secondary N) is 5. The number of piperidine rings is 1. The average molecular weight is 592 g/mol. The van der Waals surface area contributed by atoms with Crippen LogP contribution in [-0.2, 0) is 9.59 Å². The normalized spacial score (nSPS) is 25.0. The van der Waals surface area contributed by atoms with E-state index in [0.717, 1.165) is 0 Å². The van der Waals surface area contributed by atoms with E-state index >= 15 is 0 Å². The lowest BCUT2D eigenvalue weighted by atomic mass is 9.86. The van der Waals surface area contributed by atoms with Gasteiger partial charge >= 0.3 is 6.03 Å². The first-order valence-electron chi connectivity index (χ1n) is 12.9. The van der Waals surface area contributed by atoms with Gasteiger partial charge in [0, 0.05) is 31.2 Å². The van der Waals surface area contributed by atoms with Crippen LogP contribution in [-0.4, -0.2) is 83.7 Å². The molecule has 0 aromatic carbocycles. The molecule has 1 saturated heterocycles. The number of guanidine groups is 1. The molecule has 0 aliphatic carbocycles. The van der Waals surface area contributed by atoms with Crippen molar-refractivity contribution in [1.82, 2.24) is 36.5 Å². The van der Waals surface area contributed by atoms with Gasteiger partial charge in [-0.2, -0.15) is 10.1 Å². The SMILES string of the molecule is CC(C)NC(=O)NC1=CC=C(C(=O)N2CCC3(CC2)CN=N/C(=N\C(=O)C2NC(Cl)=C(N)NC2N=NN)N3N)CN1. The molecule has 18 nitrogen and oxygen atoms in total. The second-order valence-corrected chi connectivity index (χ2v) is 10.5. The van der Waals surface area contributed by atoms with E-state index in [1.54, 1.807) is 17.1 Å². The van der Waals surface area contributed by atoms with Crippen molar-refractivity contribution in [2.45, 2.75) is 50.5 Å². The van der Waals surface area contributed by atoms with Crippen molar-refractivity contribution in [3.63, 3.8) is 0 Å². The molecule has 2 unspecified atom stereocenters. The molecule has 11 N–H and O–H groups in total. The minimum absolute atomic E-state index is 0.00394. The number of halogens is 1. The van der Waals surface area contributed by atoms with Gasteiger partial charge in [0.05, 0.1) is 12.1 Å². The third kappa shape index (κ3) is 6.65. The number of azo groups is 1. The van der Waals surface area contributed by atoms with Gasteiger partial charge in [-0.05, 0) is 38.8 Å². The number of nitrogens with two attached hydrogens (primary N) is 3. The molecular formula is C22H34ClN15O3. The maximum Gasteiger partial charge on any atom is 0.320 e. The standard InChI is InChI=1S/C22H34ClN15O3/c1-11(2)29-21(41)30-13-4-3-12(9-27-13)19(40)37-7-5-22(6-8-37)10-28-35-20(38(22)26)33-18(39)14-17(34-36-25)32-16(24)15(23)31-14/h3-4,11,14,17,27,31-32H,5-10,24,26H2,1-2H3,(H2,25,34)(H2,29,30,41)/b33-20+. The van der Waals surface area contributed by atoms with Crippen molar-refractivity contribution in [3.8, 4) is 0 Å². The highest BCUT2D eigenvalue weighted by Crippen LogP contribution is 2.31. The molecule has 1 spiro atoms. The number of allylic oxidation sites excluding steroid dienone is 2. The number of aliphatic imine (C=N–C) groups is 1. The predicted molar refractivity (Wildman–Crippen MR) is 148 cm³/mol. The fraction of sp³-hybridized carbons (Fsp3) is 0.545. The Kier molecular flexibility index (Phi) is 8.92. The monoisotopic (exact) mass is 591 g/mol. The lowest BCUT2D eigenvalue weighted by molar-refractivity contribution is -0.129. The lowest BCUT2D eigenvalue weighted by Gasteiger charge is -2.47. The van der Waals surface area contributed by atoms with Crippen LogP contribution in [0.3, 0.4) is 0 Å². The van der Waals surface area contributed by atoms with Crippen molar-refractivity contribution in [1.29, 1.82) is 0 Å². The number of hydrogen-bond acceptors (Lipinski definition) is 11. The van der Waals surface area contributed by atoms with Gasteiger partial charge in [0.25, 0.3) is 17.8 Å². The van der Waals surface area contributed by atoms with Crippen LogP contribution in [0.15, 0.2) is 60.1 Å². The van der Waals surface area contributed by atoms with E-state index in [1.807, 2.05) is 13.8 Å². The number of urea groups is 1. The Morgan fingerprint density at radius 3 is 2.59 bits per heavy atom. The Bertz CT molecular complexity index is 1250. The Labute approximate surface area is 240 Å². The van der Waals surface area contributed by atoms with E-state index in [2.05, 4.69) is 52.1 Å². The van der Waals surface area contributed by atoms with Gasteiger partial charge < -0.3 is 37.7 Å². The van der Waals surface area contributed by atoms with Crippen LogP contribution in [0.1, 0.15) is 26.7 Å². The highest BCUT2D eigenvalue weighted by Gasteiger charge is 2.45. The summed E-state index contributed by atoms with van der Waals surface area (Å²) in [5.74, 6) is 11.2. The molecule has 4 aliphatic heterocycles. The number of carbonyl (C=O) groups is 3. The number of amides is 4. The van der Waals surface area contributed by atoms with Crippen molar-refractivity contribution >= 4 is 35.4 Å². The Morgan fingerprint density at radius 2 is 1.95 bits per heavy atom. The highest BCUT2D eigenvalue weighted by atomic mass is 35.5. The zero-order valence-corrected chi connectivity index (χ0v) is 23.4. The van der Waals surface area contributed by atoms with Gasteiger partial charge in [0.2, 0.25) is 0 Å². The second-order valence-electron chi connectivity index (χ2n) is 10.1. The highest BCUT2D eigenvalue weighted by molar-refractivity contribution is 6.29. The van der Waals surface area contributed by atoms with E-state index in [0.29, 0.717) is 37.3 Å². The predicted octanol–water partition coefficient (Wildman–Crippen LogP) is -1.51. The summed E-state index contributed by atoms with van der Waals surface area (Å²) in [7, 11) is 0. The summed E-state index contributed by atoms with van der Waals surface area (Å²) >= 11 is 6.04. The molecule has 0 radical (unpaired) electrons. The van der Waals surface area contributed by atoms with Crippen molar-refractivity contribution in [2.24, 2.45) is 43.0 Å². The van der Waals surface area contributed by atoms with E-state index in [4.69, 9.17) is 29.0 Å². The number of rotatable bonds is 5. The van der Waals surface area contributed by atoms with Crippen LogP contribution in [0.4, 0.5) is 4.79 Å². The van der Waals surface area contributed by atoms with E-state index in [9.17, 15) is 14.4 Å². The number of nitrogens with zero attached hydrogens (tertiary/aromatic N) is 7. The van der Waals surface area contributed by atoms with E-state index in [1.165, 1.54) is 5.01 Å². The van der Waals surface area contributed by atoms with E-state index < -0.39 is 23.7 Å². The molecule has 0 aromatic heterocycles. The van der Waals surface area contributed by atoms with Crippen molar-refractivity contribution in [3.05, 3.63) is 34.5 Å². The molecule has 41 heavy (non-hydrogen) atoms. The first-order chi connectivity index (χ1) is 19.5. The summed E-state index contributed by atoms with van der Waals surface area (Å²) in [6, 6.07) is -1.42. The molecule has 2 atom stereocenters. The number of likely N-dealkylation sites (tertiary alicyclic amines) is 1. The Morgan fingerprint density at radius 1 is 1.22 bits per heavy atom. The topological polar surface area (TPSA) is 258 Å². The molecule has 222 valence electrons. The minimum atomic E-state index is -1.08. The largest absolute Gasteiger partial charge is 0.383 e. The van der Waals surface area contributed by atoms with Gasteiger partial charge in [-0.15, -0.1) is 10.2 Å². The summed E-state index contributed by atoms with van der Waals surface area (Å²) in [5, 5.41) is 30.4. The fourth-order valence-electron chi connectivity index (χ4n) is 4.65. The summed E-state index contributed by atoms with van der Waals surface area (Å²) in [6.45, 7) is 5.07. The van der Waals surface area contributed by atoms with Gasteiger partial charge in [-0.1, -0.05) is 16.8 Å². The molecule has 0 aromatic rings. The van der Waals surface area contributed by atoms with Gasteiger partial charge in [0.1, 0.15) is 16.8 Å². The smallest absolute Gasteiger partial charge is 0.320 e. The van der Waals surface area contributed by atoms with Crippen molar-refractivity contribution < 1.29 is 14.4 Å². The van der Waals surface area contributed by atoms with Crippen LogP contribution < -0.4 is 44.0 Å². The van der Waals surface area contributed by atoms with E-state index in [-0.39, 0.29) is 48.0 Å². The van der Waals surface area contributed by atoms with Gasteiger partial charge in [-0.3, -0.25) is 19.9 Å². The van der Waals surface area contributed by atoms with Crippen LogP contribution in [0.5, 0.6) is 0 Å². The average Bonchev–Trinajstić information content (AvgIpc) is 2.93. The molecule has 4 aliphatic rings. The molecule has 1 fully saturated rings. The summed E-state index contributed by atoms with van der Waals surface area (Å²) in [5.41, 5.74) is 5.62. The third-order valence-electron chi connectivity index (χ3n) is 6.90. The first-order valence-corrected chi connectivity index (χ1v) is 13.3. The number of hydrazine groups is 1. The zero-order valence-electron chi connectivity index (χ0n) is 22.6. The van der Waals surface area contributed by atoms with Crippen LogP contribution >= 0.6 is 11.6 Å². The maximum absolute atomic E-state index is 13.2. The molecule has 0 saturated carbocycles. The fourth-order valence-corrected chi connectivity index (χ4v) is 4.82. The minimum Gasteiger partial charge on any atom is -0.383 e. The Balaban J connectivity index is 1.38. The molecule has 0 bridgehead atoms. The molecule has 4 amide bonds. The summed E-state index contributed by atoms with van der Waals surface area (Å²) < 4.78 is 0. The molecule has 4 rings (SSSR count).